The summed E-state index contributed by atoms with van der Waals surface area (Å²) in [6.45, 7) is 4.67. The SMILES string of the molecule is COCCN1C(=O)CCC[C@@H]2[C@H]1CCCN2CC1(O)CCN(c2ccc(OC)cc2)CC1. The lowest BCUT2D eigenvalue weighted by Gasteiger charge is -2.49. The molecule has 32 heavy (non-hydrogen) atoms. The topological polar surface area (TPSA) is 65.5 Å². The van der Waals surface area contributed by atoms with Gasteiger partial charge in [0.05, 0.1) is 19.3 Å². The lowest BCUT2D eigenvalue weighted by molar-refractivity contribution is -0.136. The maximum absolute atomic E-state index is 12.7. The molecule has 3 heterocycles. The van der Waals surface area contributed by atoms with Crippen LogP contribution in [0.5, 0.6) is 5.75 Å². The molecule has 1 aromatic rings. The normalized spacial score (nSPS) is 26.5. The molecular formula is C25H39N3O4. The minimum absolute atomic E-state index is 0.247. The third kappa shape index (κ3) is 5.21. The van der Waals surface area contributed by atoms with E-state index >= 15 is 0 Å². The second-order valence-corrected chi connectivity index (χ2v) is 9.63. The molecule has 1 aromatic carbocycles. The van der Waals surface area contributed by atoms with Crippen molar-refractivity contribution in [2.45, 2.75) is 62.6 Å². The van der Waals surface area contributed by atoms with Crippen LogP contribution >= 0.6 is 0 Å². The molecule has 178 valence electrons. The Hall–Kier alpha value is -1.83. The Labute approximate surface area is 192 Å². The average molecular weight is 446 g/mol. The molecule has 1 N–H and O–H groups in total. The first-order chi connectivity index (χ1) is 15.5. The lowest BCUT2D eigenvalue weighted by atomic mass is 9.86. The fraction of sp³-hybridized carbons (Fsp3) is 0.720. The van der Waals surface area contributed by atoms with Crippen molar-refractivity contribution in [1.29, 1.82) is 0 Å². The highest BCUT2D eigenvalue weighted by Gasteiger charge is 2.42. The standard InChI is InChI=1S/C25H39N3O4/c1-31-18-17-28-23-6-4-14-27(22(23)5-3-7-24(28)29)19-25(30)12-15-26(16-13-25)20-8-10-21(32-2)11-9-20/h8-11,22-23,30H,3-7,12-19H2,1-2H3/t22-,23-/m1/s1. The van der Waals surface area contributed by atoms with Gasteiger partial charge in [-0.05, 0) is 69.3 Å². The maximum Gasteiger partial charge on any atom is 0.222 e. The lowest BCUT2D eigenvalue weighted by Crippen LogP contribution is -2.60. The molecule has 3 saturated heterocycles. The number of anilines is 1. The molecule has 0 bridgehead atoms. The van der Waals surface area contributed by atoms with Crippen LogP contribution in [0.4, 0.5) is 5.69 Å². The quantitative estimate of drug-likeness (QED) is 0.696. The summed E-state index contributed by atoms with van der Waals surface area (Å²) < 4.78 is 10.5. The van der Waals surface area contributed by atoms with Crippen LogP contribution < -0.4 is 9.64 Å². The van der Waals surface area contributed by atoms with Crippen molar-refractivity contribution in [2.24, 2.45) is 0 Å². The van der Waals surface area contributed by atoms with E-state index in [1.54, 1.807) is 14.2 Å². The summed E-state index contributed by atoms with van der Waals surface area (Å²) in [6, 6.07) is 8.76. The van der Waals surface area contributed by atoms with E-state index in [0.717, 1.165) is 63.9 Å². The Morgan fingerprint density at radius 2 is 1.75 bits per heavy atom. The molecule has 3 aliphatic rings. The molecule has 3 fully saturated rings. The van der Waals surface area contributed by atoms with Gasteiger partial charge in [0.25, 0.3) is 0 Å². The van der Waals surface area contributed by atoms with E-state index in [1.807, 2.05) is 12.1 Å². The summed E-state index contributed by atoms with van der Waals surface area (Å²) in [7, 11) is 3.38. The van der Waals surface area contributed by atoms with Gasteiger partial charge in [0.2, 0.25) is 5.91 Å². The van der Waals surface area contributed by atoms with E-state index in [1.165, 1.54) is 5.69 Å². The number of hydrogen-bond donors (Lipinski definition) is 1. The molecule has 0 aromatic heterocycles. The fourth-order valence-corrected chi connectivity index (χ4v) is 5.82. The number of likely N-dealkylation sites (tertiary alicyclic amines) is 2. The van der Waals surface area contributed by atoms with Crippen LogP contribution in [0, 0.1) is 0 Å². The highest BCUT2D eigenvalue weighted by molar-refractivity contribution is 5.77. The van der Waals surface area contributed by atoms with Crippen molar-refractivity contribution < 1.29 is 19.4 Å². The van der Waals surface area contributed by atoms with E-state index in [-0.39, 0.29) is 11.9 Å². The first-order valence-electron chi connectivity index (χ1n) is 12.2. The average Bonchev–Trinajstić information content (AvgIpc) is 2.97. The number of nitrogens with zero attached hydrogens (tertiary/aromatic N) is 3. The predicted octanol–water partition coefficient (Wildman–Crippen LogP) is 2.52. The zero-order valence-corrected chi connectivity index (χ0v) is 19.7. The number of piperidine rings is 2. The zero-order chi connectivity index (χ0) is 22.6. The maximum atomic E-state index is 12.7. The van der Waals surface area contributed by atoms with Crippen LogP contribution in [-0.4, -0.2) is 92.0 Å². The number of amides is 1. The van der Waals surface area contributed by atoms with Gasteiger partial charge in [-0.25, -0.2) is 0 Å². The van der Waals surface area contributed by atoms with Crippen molar-refractivity contribution >= 4 is 11.6 Å². The van der Waals surface area contributed by atoms with Crippen molar-refractivity contribution in [3.05, 3.63) is 24.3 Å². The monoisotopic (exact) mass is 445 g/mol. The van der Waals surface area contributed by atoms with Gasteiger partial charge in [0.15, 0.2) is 0 Å². The Morgan fingerprint density at radius 1 is 1.03 bits per heavy atom. The Balaban J connectivity index is 1.39. The fourth-order valence-electron chi connectivity index (χ4n) is 5.82. The van der Waals surface area contributed by atoms with Crippen molar-refractivity contribution in [3.8, 4) is 5.75 Å². The van der Waals surface area contributed by atoms with E-state index in [2.05, 4.69) is 26.8 Å². The minimum Gasteiger partial charge on any atom is -0.497 e. The predicted molar refractivity (Wildman–Crippen MR) is 125 cm³/mol. The smallest absolute Gasteiger partial charge is 0.222 e. The zero-order valence-electron chi connectivity index (χ0n) is 19.7. The summed E-state index contributed by atoms with van der Waals surface area (Å²) in [4.78, 5) is 19.7. The molecule has 2 atom stereocenters. The summed E-state index contributed by atoms with van der Waals surface area (Å²) in [6.07, 6.45) is 6.26. The molecule has 7 heteroatoms. The van der Waals surface area contributed by atoms with Crippen LogP contribution in [0.2, 0.25) is 0 Å². The van der Waals surface area contributed by atoms with Gasteiger partial charge in [-0.3, -0.25) is 9.69 Å². The highest BCUT2D eigenvalue weighted by Crippen LogP contribution is 2.34. The van der Waals surface area contributed by atoms with Crippen LogP contribution in [0.25, 0.3) is 0 Å². The Bertz CT molecular complexity index is 748. The first kappa shape index (κ1) is 23.3. The number of methoxy groups -OCH3 is 2. The van der Waals surface area contributed by atoms with Gasteiger partial charge in [0, 0.05) is 57.5 Å². The number of hydrogen-bond acceptors (Lipinski definition) is 6. The van der Waals surface area contributed by atoms with Gasteiger partial charge >= 0.3 is 0 Å². The highest BCUT2D eigenvalue weighted by atomic mass is 16.5. The molecule has 0 radical (unpaired) electrons. The van der Waals surface area contributed by atoms with Crippen LogP contribution in [0.1, 0.15) is 44.9 Å². The summed E-state index contributed by atoms with van der Waals surface area (Å²) in [5, 5.41) is 11.5. The molecule has 4 rings (SSSR count). The van der Waals surface area contributed by atoms with Crippen molar-refractivity contribution in [3.63, 3.8) is 0 Å². The number of carbonyl (C=O) groups is 1. The number of ether oxygens (including phenoxy) is 2. The number of carbonyl (C=O) groups excluding carboxylic acids is 1. The number of β-amino-alcohol motifs (C(OH)–C–C–N with tert-alkyl or cyclic N) is 1. The third-order valence-electron chi connectivity index (χ3n) is 7.64. The third-order valence-corrected chi connectivity index (χ3v) is 7.64. The first-order valence-corrected chi connectivity index (χ1v) is 12.2. The molecule has 3 aliphatic heterocycles. The molecular weight excluding hydrogens is 406 g/mol. The number of rotatable bonds is 7. The number of aliphatic hydroxyl groups is 1. The Morgan fingerprint density at radius 3 is 2.44 bits per heavy atom. The van der Waals surface area contributed by atoms with E-state index < -0.39 is 5.60 Å². The van der Waals surface area contributed by atoms with E-state index in [4.69, 9.17) is 9.47 Å². The van der Waals surface area contributed by atoms with Gasteiger partial charge in [-0.15, -0.1) is 0 Å². The van der Waals surface area contributed by atoms with Gasteiger partial charge < -0.3 is 24.4 Å². The van der Waals surface area contributed by atoms with Crippen molar-refractivity contribution in [1.82, 2.24) is 9.80 Å². The van der Waals surface area contributed by atoms with E-state index in [0.29, 0.717) is 32.2 Å². The molecule has 0 aliphatic carbocycles. The second-order valence-electron chi connectivity index (χ2n) is 9.63. The summed E-state index contributed by atoms with van der Waals surface area (Å²) in [5.74, 6) is 1.13. The molecule has 1 amide bonds. The molecule has 7 nitrogen and oxygen atoms in total. The van der Waals surface area contributed by atoms with Crippen LogP contribution in [0.15, 0.2) is 24.3 Å². The van der Waals surface area contributed by atoms with Gasteiger partial charge in [-0.2, -0.15) is 0 Å². The summed E-state index contributed by atoms with van der Waals surface area (Å²) in [5.41, 5.74) is 0.514. The largest absolute Gasteiger partial charge is 0.497 e. The van der Waals surface area contributed by atoms with Crippen molar-refractivity contribution in [2.75, 3.05) is 58.5 Å². The van der Waals surface area contributed by atoms with E-state index in [9.17, 15) is 9.90 Å². The molecule has 0 unspecified atom stereocenters. The number of fused-ring (bicyclic) bond motifs is 1. The minimum atomic E-state index is -0.668. The second kappa shape index (κ2) is 10.4. The number of benzene rings is 1. The van der Waals surface area contributed by atoms with Gasteiger partial charge in [-0.1, -0.05) is 0 Å². The van der Waals surface area contributed by atoms with Gasteiger partial charge in [0.1, 0.15) is 5.75 Å². The molecule has 0 saturated carbocycles. The summed E-state index contributed by atoms with van der Waals surface area (Å²) >= 11 is 0. The van der Waals surface area contributed by atoms with Crippen LogP contribution in [0.3, 0.4) is 0 Å². The molecule has 0 spiro atoms. The van der Waals surface area contributed by atoms with Crippen LogP contribution in [-0.2, 0) is 9.53 Å². The Kier molecular flexibility index (Phi) is 7.59.